The Hall–Kier alpha value is -0.380. The Balaban J connectivity index is 2.16. The summed E-state index contributed by atoms with van der Waals surface area (Å²) in [6.45, 7) is 4.30. The van der Waals surface area contributed by atoms with E-state index in [9.17, 15) is 0 Å². The molecule has 2 rings (SSSR count). The summed E-state index contributed by atoms with van der Waals surface area (Å²) >= 11 is 1.89. The third-order valence-corrected chi connectivity index (χ3v) is 4.96. The van der Waals surface area contributed by atoms with Crippen LogP contribution in [0.5, 0.6) is 0 Å². The highest BCUT2D eigenvalue weighted by molar-refractivity contribution is 7.12. The molecule has 0 spiro atoms. The van der Waals surface area contributed by atoms with Gasteiger partial charge in [0.2, 0.25) is 0 Å². The van der Waals surface area contributed by atoms with Crippen molar-refractivity contribution in [3.8, 4) is 0 Å². The van der Waals surface area contributed by atoms with Gasteiger partial charge in [0.25, 0.3) is 0 Å². The van der Waals surface area contributed by atoms with Gasteiger partial charge in [-0.15, -0.1) is 11.3 Å². The Labute approximate surface area is 109 Å². The molecule has 0 bridgehead atoms. The van der Waals surface area contributed by atoms with Gasteiger partial charge in [0, 0.05) is 21.8 Å². The van der Waals surface area contributed by atoms with Crippen LogP contribution in [0.4, 0.5) is 0 Å². The fraction of sp³-hybridized carbons (Fsp3) is 0.714. The molecule has 0 radical (unpaired) electrons. The highest BCUT2D eigenvalue weighted by Crippen LogP contribution is 2.34. The van der Waals surface area contributed by atoms with E-state index in [0.717, 1.165) is 6.04 Å². The lowest BCUT2D eigenvalue weighted by Gasteiger charge is -2.35. The van der Waals surface area contributed by atoms with E-state index in [1.54, 1.807) is 0 Å². The molecular weight excluding hydrogens is 228 g/mol. The van der Waals surface area contributed by atoms with Gasteiger partial charge < -0.3 is 5.73 Å². The Kier molecular flexibility index (Phi) is 4.23. The van der Waals surface area contributed by atoms with Crippen molar-refractivity contribution in [2.75, 3.05) is 7.05 Å². The number of nitrogens with two attached hydrogens (primary N) is 1. The maximum atomic E-state index is 6.21. The standard InChI is InChI=1S/C14H24N2S/c1-10-8-9-13(17-10)14(11(2)15)16(3)12-6-4-5-7-12/h8-9,11-12,14H,4-7,15H2,1-3H3. The largest absolute Gasteiger partial charge is 0.326 e. The lowest BCUT2D eigenvalue weighted by molar-refractivity contribution is 0.159. The van der Waals surface area contributed by atoms with Gasteiger partial charge in [-0.25, -0.2) is 0 Å². The fourth-order valence-corrected chi connectivity index (χ4v) is 4.13. The molecule has 0 aliphatic heterocycles. The highest BCUT2D eigenvalue weighted by atomic mass is 32.1. The molecule has 0 aromatic carbocycles. The lowest BCUT2D eigenvalue weighted by Crippen LogP contribution is -2.41. The van der Waals surface area contributed by atoms with E-state index in [2.05, 4.69) is 37.9 Å². The molecule has 1 heterocycles. The first kappa shape index (κ1) is 13.1. The van der Waals surface area contributed by atoms with E-state index in [0.29, 0.717) is 6.04 Å². The van der Waals surface area contributed by atoms with Gasteiger partial charge in [-0.05, 0) is 45.9 Å². The van der Waals surface area contributed by atoms with Crippen molar-refractivity contribution < 1.29 is 0 Å². The summed E-state index contributed by atoms with van der Waals surface area (Å²) in [4.78, 5) is 5.32. The Bertz CT molecular complexity index is 353. The molecule has 0 amide bonds. The van der Waals surface area contributed by atoms with Gasteiger partial charge in [-0.2, -0.15) is 0 Å². The predicted octanol–water partition coefficient (Wildman–Crippen LogP) is 3.32. The Morgan fingerprint density at radius 3 is 2.47 bits per heavy atom. The van der Waals surface area contributed by atoms with Gasteiger partial charge in [0.05, 0.1) is 6.04 Å². The maximum absolute atomic E-state index is 6.21. The minimum Gasteiger partial charge on any atom is -0.326 e. The molecule has 1 saturated carbocycles. The van der Waals surface area contributed by atoms with Crippen LogP contribution in [0.3, 0.4) is 0 Å². The van der Waals surface area contributed by atoms with Crippen LogP contribution < -0.4 is 5.73 Å². The third kappa shape index (κ3) is 2.90. The average Bonchev–Trinajstić information content (AvgIpc) is 2.88. The van der Waals surface area contributed by atoms with Crippen LogP contribution in [-0.4, -0.2) is 24.0 Å². The predicted molar refractivity (Wildman–Crippen MR) is 75.5 cm³/mol. The lowest BCUT2D eigenvalue weighted by atomic mass is 10.0. The van der Waals surface area contributed by atoms with Gasteiger partial charge >= 0.3 is 0 Å². The number of aryl methyl sites for hydroxylation is 1. The minimum absolute atomic E-state index is 0.193. The quantitative estimate of drug-likeness (QED) is 0.890. The number of rotatable bonds is 4. The first-order chi connectivity index (χ1) is 8.09. The Morgan fingerprint density at radius 1 is 1.35 bits per heavy atom. The second-order valence-electron chi connectivity index (χ2n) is 5.36. The van der Waals surface area contributed by atoms with Crippen molar-refractivity contribution in [2.45, 2.75) is 57.7 Å². The molecule has 3 heteroatoms. The minimum atomic E-state index is 0.193. The zero-order valence-corrected chi connectivity index (χ0v) is 12.0. The van der Waals surface area contributed by atoms with E-state index in [1.165, 1.54) is 35.4 Å². The van der Waals surface area contributed by atoms with Crippen molar-refractivity contribution >= 4 is 11.3 Å². The summed E-state index contributed by atoms with van der Waals surface area (Å²) in [5.41, 5.74) is 6.21. The topological polar surface area (TPSA) is 29.3 Å². The summed E-state index contributed by atoms with van der Waals surface area (Å²) in [6.07, 6.45) is 5.43. The van der Waals surface area contributed by atoms with E-state index < -0.39 is 0 Å². The Morgan fingerprint density at radius 2 is 2.00 bits per heavy atom. The molecule has 17 heavy (non-hydrogen) atoms. The van der Waals surface area contributed by atoms with Gasteiger partial charge in [-0.1, -0.05) is 12.8 Å². The van der Waals surface area contributed by atoms with Crippen molar-refractivity contribution in [1.29, 1.82) is 0 Å². The van der Waals surface area contributed by atoms with Crippen molar-refractivity contribution in [3.05, 3.63) is 21.9 Å². The smallest absolute Gasteiger partial charge is 0.0590 e. The number of likely N-dealkylation sites (N-methyl/N-ethyl adjacent to an activating group) is 1. The molecule has 0 saturated heterocycles. The van der Waals surface area contributed by atoms with Crippen molar-refractivity contribution in [3.63, 3.8) is 0 Å². The molecule has 1 aliphatic carbocycles. The van der Waals surface area contributed by atoms with E-state index in [4.69, 9.17) is 5.73 Å². The van der Waals surface area contributed by atoms with Crippen LogP contribution in [-0.2, 0) is 0 Å². The van der Waals surface area contributed by atoms with E-state index in [1.807, 2.05) is 11.3 Å². The average molecular weight is 252 g/mol. The molecule has 2 nitrogen and oxygen atoms in total. The molecule has 2 atom stereocenters. The maximum Gasteiger partial charge on any atom is 0.0590 e. The summed E-state index contributed by atoms with van der Waals surface area (Å²) in [7, 11) is 2.25. The molecule has 1 aliphatic rings. The number of nitrogens with zero attached hydrogens (tertiary/aromatic N) is 1. The molecule has 1 fully saturated rings. The second kappa shape index (κ2) is 5.51. The first-order valence-corrected chi connectivity index (χ1v) is 7.45. The molecule has 1 aromatic heterocycles. The van der Waals surface area contributed by atoms with E-state index >= 15 is 0 Å². The number of hydrogen-bond acceptors (Lipinski definition) is 3. The molecule has 1 aromatic rings. The van der Waals surface area contributed by atoms with Gasteiger partial charge in [-0.3, -0.25) is 4.90 Å². The summed E-state index contributed by atoms with van der Waals surface area (Å²) in [5, 5.41) is 0. The highest BCUT2D eigenvalue weighted by Gasteiger charge is 2.29. The molecule has 2 N–H and O–H groups in total. The third-order valence-electron chi connectivity index (χ3n) is 3.89. The monoisotopic (exact) mass is 252 g/mol. The molecule has 96 valence electrons. The van der Waals surface area contributed by atoms with Gasteiger partial charge in [0.15, 0.2) is 0 Å². The number of thiophene rings is 1. The SMILES string of the molecule is Cc1ccc(C(C(C)N)N(C)C2CCCC2)s1. The van der Waals surface area contributed by atoms with Crippen molar-refractivity contribution in [1.82, 2.24) is 4.90 Å². The molecular formula is C14H24N2S. The number of hydrogen-bond donors (Lipinski definition) is 1. The normalized spacial score (nSPS) is 21.0. The zero-order valence-electron chi connectivity index (χ0n) is 11.1. The van der Waals surface area contributed by atoms with Crippen LogP contribution in [0.1, 0.15) is 48.4 Å². The zero-order chi connectivity index (χ0) is 12.4. The second-order valence-corrected chi connectivity index (χ2v) is 6.68. The fourth-order valence-electron chi connectivity index (χ4n) is 2.98. The molecule has 2 unspecified atom stereocenters. The summed E-state index contributed by atoms with van der Waals surface area (Å²) in [6, 6.07) is 5.76. The van der Waals surface area contributed by atoms with Crippen LogP contribution in [0.25, 0.3) is 0 Å². The van der Waals surface area contributed by atoms with E-state index in [-0.39, 0.29) is 6.04 Å². The van der Waals surface area contributed by atoms with Crippen LogP contribution >= 0.6 is 11.3 Å². The van der Waals surface area contributed by atoms with Crippen LogP contribution in [0, 0.1) is 6.92 Å². The first-order valence-electron chi connectivity index (χ1n) is 6.63. The summed E-state index contributed by atoms with van der Waals surface area (Å²) in [5.74, 6) is 0. The summed E-state index contributed by atoms with van der Waals surface area (Å²) < 4.78 is 0. The van der Waals surface area contributed by atoms with Gasteiger partial charge in [0.1, 0.15) is 0 Å². The van der Waals surface area contributed by atoms with Crippen LogP contribution in [0.2, 0.25) is 0 Å². The van der Waals surface area contributed by atoms with Crippen LogP contribution in [0.15, 0.2) is 12.1 Å². The van der Waals surface area contributed by atoms with Crippen molar-refractivity contribution in [2.24, 2.45) is 5.73 Å².